The number of rotatable bonds is 3. The van der Waals surface area contributed by atoms with E-state index in [9.17, 15) is 18.4 Å². The van der Waals surface area contributed by atoms with Crippen molar-refractivity contribution in [3.8, 4) is 0 Å². The van der Waals surface area contributed by atoms with Crippen LogP contribution in [0.1, 0.15) is 24.8 Å². The third-order valence-electron chi connectivity index (χ3n) is 4.13. The van der Waals surface area contributed by atoms with E-state index in [0.717, 1.165) is 0 Å². The van der Waals surface area contributed by atoms with Crippen LogP contribution in [0.2, 0.25) is 0 Å². The average molecular weight is 299 g/mol. The van der Waals surface area contributed by atoms with Gasteiger partial charge in [0.1, 0.15) is 0 Å². The molecule has 0 aliphatic carbocycles. The molecule has 1 unspecified atom stereocenters. The molecule has 1 amide bonds. The summed E-state index contributed by atoms with van der Waals surface area (Å²) in [5.41, 5.74) is 5.39. The number of nitrogens with zero attached hydrogens (tertiary/aromatic N) is 2. The number of primary amides is 1. The predicted octanol–water partition coefficient (Wildman–Crippen LogP) is 0.684. The van der Waals surface area contributed by atoms with Gasteiger partial charge in [0, 0.05) is 38.8 Å². The predicted molar refractivity (Wildman–Crippen MR) is 74.2 cm³/mol. The molecule has 0 bridgehead atoms. The summed E-state index contributed by atoms with van der Waals surface area (Å²) in [5.74, 6) is -4.45. The maximum absolute atomic E-state index is 14.2. The van der Waals surface area contributed by atoms with Gasteiger partial charge < -0.3 is 10.3 Å². The number of pyridine rings is 1. The third-order valence-corrected chi connectivity index (χ3v) is 4.13. The molecule has 5 nitrogen and oxygen atoms in total. The van der Waals surface area contributed by atoms with E-state index < -0.39 is 23.8 Å². The Balaban J connectivity index is 2.31. The summed E-state index contributed by atoms with van der Waals surface area (Å²) in [6, 6.07) is 2.12. The highest BCUT2D eigenvalue weighted by Crippen LogP contribution is 2.40. The lowest BCUT2D eigenvalue weighted by molar-refractivity contribution is -0.127. The van der Waals surface area contributed by atoms with Crippen LogP contribution in [-0.4, -0.2) is 40.4 Å². The summed E-state index contributed by atoms with van der Waals surface area (Å²) < 4.78 is 29.7. The van der Waals surface area contributed by atoms with Crippen LogP contribution in [0.5, 0.6) is 0 Å². The lowest BCUT2D eigenvalue weighted by atomic mass is 9.87. The molecule has 1 fully saturated rings. The molecule has 0 spiro atoms. The summed E-state index contributed by atoms with van der Waals surface area (Å²) in [6.07, 6.45) is 1.09. The summed E-state index contributed by atoms with van der Waals surface area (Å²) in [5, 5.41) is 0. The van der Waals surface area contributed by atoms with E-state index >= 15 is 0 Å². The van der Waals surface area contributed by atoms with Gasteiger partial charge in [-0.2, -0.15) is 0 Å². The summed E-state index contributed by atoms with van der Waals surface area (Å²) in [7, 11) is 1.52. The van der Waals surface area contributed by atoms with E-state index in [1.54, 1.807) is 11.8 Å². The lowest BCUT2D eigenvalue weighted by Gasteiger charge is -2.40. The number of piperidine rings is 1. The molecule has 116 valence electrons. The fourth-order valence-electron chi connectivity index (χ4n) is 2.63. The Kier molecular flexibility index (Phi) is 4.13. The first-order valence-electron chi connectivity index (χ1n) is 6.80. The molecule has 2 heterocycles. The number of aromatic nitrogens is 1. The molecule has 1 aliphatic heterocycles. The largest absolute Gasteiger partial charge is 0.368 e. The molecule has 7 heteroatoms. The zero-order valence-corrected chi connectivity index (χ0v) is 12.1. The zero-order valence-electron chi connectivity index (χ0n) is 12.1. The first-order chi connectivity index (χ1) is 9.72. The van der Waals surface area contributed by atoms with Crippen LogP contribution in [0.15, 0.2) is 23.1 Å². The van der Waals surface area contributed by atoms with Crippen molar-refractivity contribution in [2.45, 2.75) is 31.2 Å². The third kappa shape index (κ3) is 3.12. The van der Waals surface area contributed by atoms with Crippen molar-refractivity contribution in [3.05, 3.63) is 34.2 Å². The highest BCUT2D eigenvalue weighted by atomic mass is 19.3. The second-order valence-corrected chi connectivity index (χ2v) is 5.55. The van der Waals surface area contributed by atoms with Crippen LogP contribution in [0, 0.1) is 0 Å². The standard InChI is InChI=1S/C14H19F2N3O2/c1-9(13(17)21)19-6-5-14(15,16)11(8-19)10-3-4-12(20)18(2)7-10/h3-4,7,9,11H,5-6,8H2,1-2H3,(H2,17,21)/t9?,11-/m1/s1. The van der Waals surface area contributed by atoms with Gasteiger partial charge in [-0.1, -0.05) is 6.07 Å². The molecule has 0 radical (unpaired) electrons. The fourth-order valence-corrected chi connectivity index (χ4v) is 2.63. The molecular weight excluding hydrogens is 280 g/mol. The van der Waals surface area contributed by atoms with Gasteiger partial charge >= 0.3 is 0 Å². The number of hydrogen-bond acceptors (Lipinski definition) is 3. The molecule has 2 N–H and O–H groups in total. The van der Waals surface area contributed by atoms with E-state index in [0.29, 0.717) is 5.56 Å². The smallest absolute Gasteiger partial charge is 0.257 e. The number of likely N-dealkylation sites (tertiary alicyclic amines) is 1. The van der Waals surface area contributed by atoms with Crippen LogP contribution >= 0.6 is 0 Å². The quantitative estimate of drug-likeness (QED) is 0.892. The second-order valence-electron chi connectivity index (χ2n) is 5.55. The molecule has 0 aromatic carbocycles. The fraction of sp³-hybridized carbons (Fsp3) is 0.571. The Bertz CT molecular complexity index is 600. The van der Waals surface area contributed by atoms with Gasteiger partial charge in [-0.05, 0) is 12.5 Å². The van der Waals surface area contributed by atoms with Crippen LogP contribution in [0.4, 0.5) is 8.78 Å². The SMILES string of the molecule is CC(C(N)=O)N1CCC(F)(F)[C@@H](c2ccc(=O)n(C)c2)C1. The number of halogens is 2. The molecule has 2 atom stereocenters. The number of nitrogens with two attached hydrogens (primary N) is 1. The van der Waals surface area contributed by atoms with E-state index in [2.05, 4.69) is 0 Å². The minimum Gasteiger partial charge on any atom is -0.368 e. The van der Waals surface area contributed by atoms with Gasteiger partial charge in [-0.15, -0.1) is 0 Å². The average Bonchev–Trinajstić information content (AvgIpc) is 2.41. The van der Waals surface area contributed by atoms with Crippen molar-refractivity contribution < 1.29 is 13.6 Å². The second kappa shape index (κ2) is 5.55. The molecular formula is C14H19F2N3O2. The van der Waals surface area contributed by atoms with Crippen molar-refractivity contribution in [3.63, 3.8) is 0 Å². The number of alkyl halides is 2. The molecule has 1 aromatic rings. The minimum atomic E-state index is -2.87. The van der Waals surface area contributed by atoms with Crippen molar-refractivity contribution in [2.75, 3.05) is 13.1 Å². The first-order valence-corrected chi connectivity index (χ1v) is 6.80. The van der Waals surface area contributed by atoms with Gasteiger partial charge in [0.25, 0.3) is 5.92 Å². The topological polar surface area (TPSA) is 68.3 Å². The normalized spacial score (nSPS) is 23.7. The van der Waals surface area contributed by atoms with E-state index in [1.165, 1.54) is 29.9 Å². The van der Waals surface area contributed by atoms with Gasteiger partial charge in [0.05, 0.1) is 12.0 Å². The summed E-state index contributed by atoms with van der Waals surface area (Å²) in [6.45, 7) is 1.78. The van der Waals surface area contributed by atoms with Crippen LogP contribution in [0.25, 0.3) is 0 Å². The minimum absolute atomic E-state index is 0.0370. The maximum Gasteiger partial charge on any atom is 0.257 e. The van der Waals surface area contributed by atoms with Crippen molar-refractivity contribution >= 4 is 5.91 Å². The van der Waals surface area contributed by atoms with Crippen LogP contribution in [0.3, 0.4) is 0 Å². The Morgan fingerprint density at radius 3 is 2.71 bits per heavy atom. The Labute approximate surface area is 121 Å². The molecule has 1 saturated heterocycles. The Morgan fingerprint density at radius 1 is 1.48 bits per heavy atom. The Hall–Kier alpha value is -1.76. The Morgan fingerprint density at radius 2 is 2.14 bits per heavy atom. The molecule has 0 saturated carbocycles. The molecule has 2 rings (SSSR count). The summed E-state index contributed by atoms with van der Waals surface area (Å²) >= 11 is 0. The highest BCUT2D eigenvalue weighted by molar-refractivity contribution is 5.79. The molecule has 1 aromatic heterocycles. The van der Waals surface area contributed by atoms with Gasteiger partial charge in [0.2, 0.25) is 11.5 Å². The number of carbonyl (C=O) groups excluding carboxylic acids is 1. The van der Waals surface area contributed by atoms with E-state index in [-0.39, 0.29) is 25.1 Å². The molecule has 21 heavy (non-hydrogen) atoms. The van der Waals surface area contributed by atoms with E-state index in [4.69, 9.17) is 5.73 Å². The van der Waals surface area contributed by atoms with Crippen molar-refractivity contribution in [1.29, 1.82) is 0 Å². The van der Waals surface area contributed by atoms with Crippen LogP contribution in [-0.2, 0) is 11.8 Å². The number of amides is 1. The number of hydrogen-bond donors (Lipinski definition) is 1. The zero-order chi connectivity index (χ0) is 15.8. The number of carbonyl (C=O) groups is 1. The molecule has 1 aliphatic rings. The van der Waals surface area contributed by atoms with Gasteiger partial charge in [0.15, 0.2) is 0 Å². The summed E-state index contributed by atoms with van der Waals surface area (Å²) in [4.78, 5) is 24.3. The highest BCUT2D eigenvalue weighted by Gasteiger charge is 2.46. The van der Waals surface area contributed by atoms with E-state index in [1.807, 2.05) is 0 Å². The first kappa shape index (κ1) is 15.6. The monoisotopic (exact) mass is 299 g/mol. The number of aryl methyl sites for hydroxylation is 1. The van der Waals surface area contributed by atoms with Crippen molar-refractivity contribution in [1.82, 2.24) is 9.47 Å². The van der Waals surface area contributed by atoms with Gasteiger partial charge in [-0.25, -0.2) is 8.78 Å². The van der Waals surface area contributed by atoms with Gasteiger partial charge in [-0.3, -0.25) is 14.5 Å². The lowest BCUT2D eigenvalue weighted by Crippen LogP contribution is -2.52. The maximum atomic E-state index is 14.2. The van der Waals surface area contributed by atoms with Crippen LogP contribution < -0.4 is 11.3 Å². The van der Waals surface area contributed by atoms with Crippen molar-refractivity contribution in [2.24, 2.45) is 12.8 Å².